The highest BCUT2D eigenvalue weighted by Gasteiger charge is 2.09. The first-order chi connectivity index (χ1) is 9.33. The van der Waals surface area contributed by atoms with Gasteiger partial charge in [0.2, 0.25) is 5.88 Å². The lowest BCUT2D eigenvalue weighted by Gasteiger charge is -2.05. The molecule has 7 heteroatoms. The highest BCUT2D eigenvalue weighted by Crippen LogP contribution is 2.23. The monoisotopic (exact) mass is 256 g/mol. The summed E-state index contributed by atoms with van der Waals surface area (Å²) in [7, 11) is 1.57. The summed E-state index contributed by atoms with van der Waals surface area (Å²) in [5.41, 5.74) is 4.13. The fourth-order valence-corrected chi connectivity index (χ4v) is 1.87. The van der Waals surface area contributed by atoms with Crippen molar-refractivity contribution in [3.8, 4) is 11.7 Å². The van der Waals surface area contributed by atoms with Crippen LogP contribution in [-0.2, 0) is 0 Å². The molecule has 0 aliphatic heterocycles. The van der Waals surface area contributed by atoms with Crippen LogP contribution >= 0.6 is 0 Å². The smallest absolute Gasteiger partial charge is 0.214 e. The van der Waals surface area contributed by atoms with Crippen molar-refractivity contribution in [1.82, 2.24) is 19.7 Å². The summed E-state index contributed by atoms with van der Waals surface area (Å²) in [5, 5.41) is 5.19. The highest BCUT2D eigenvalue weighted by molar-refractivity contribution is 5.90. The van der Waals surface area contributed by atoms with Gasteiger partial charge in [-0.2, -0.15) is 10.1 Å². The number of methoxy groups -OCH3 is 1. The summed E-state index contributed by atoms with van der Waals surface area (Å²) in [6.07, 6.45) is 5.07. The number of rotatable bonds is 3. The molecule has 0 saturated carbocycles. The number of hydrogen-bond acceptors (Lipinski definition) is 6. The highest BCUT2D eigenvalue weighted by atomic mass is 16.5. The Kier molecular flexibility index (Phi) is 2.73. The fraction of sp³-hybridized carbons (Fsp3) is 0.0833. The molecule has 19 heavy (non-hydrogen) atoms. The summed E-state index contributed by atoms with van der Waals surface area (Å²) in [4.78, 5) is 8.46. The molecular weight excluding hydrogens is 244 g/mol. The Bertz CT molecular complexity index is 723. The van der Waals surface area contributed by atoms with E-state index >= 15 is 0 Å². The molecule has 3 heterocycles. The third kappa shape index (κ3) is 1.85. The van der Waals surface area contributed by atoms with E-state index in [1.54, 1.807) is 36.4 Å². The summed E-state index contributed by atoms with van der Waals surface area (Å²) >= 11 is 0. The summed E-state index contributed by atoms with van der Waals surface area (Å²) in [6.45, 7) is 0. The summed E-state index contributed by atoms with van der Waals surface area (Å²) in [6, 6.07) is 5.48. The molecule has 0 atom stereocenters. The van der Waals surface area contributed by atoms with Crippen LogP contribution in [0, 0.1) is 0 Å². The number of nitrogens with zero attached hydrogens (tertiary/aromatic N) is 4. The van der Waals surface area contributed by atoms with Crippen LogP contribution < -0.4 is 16.0 Å². The van der Waals surface area contributed by atoms with E-state index in [0.29, 0.717) is 17.4 Å². The first-order valence-corrected chi connectivity index (χ1v) is 5.63. The topological polar surface area (TPSA) is 90.9 Å². The van der Waals surface area contributed by atoms with Crippen molar-refractivity contribution in [1.29, 1.82) is 0 Å². The second-order valence-corrected chi connectivity index (χ2v) is 3.86. The second kappa shape index (κ2) is 4.54. The lowest BCUT2D eigenvalue weighted by Crippen LogP contribution is -2.07. The molecule has 0 aliphatic rings. The minimum absolute atomic E-state index is 0.530. The second-order valence-electron chi connectivity index (χ2n) is 3.86. The molecule has 3 N–H and O–H groups in total. The van der Waals surface area contributed by atoms with Gasteiger partial charge in [0.15, 0.2) is 5.82 Å². The molecule has 3 aromatic heterocycles. The Hall–Kier alpha value is -2.67. The van der Waals surface area contributed by atoms with E-state index in [2.05, 4.69) is 20.5 Å². The molecule has 0 radical (unpaired) electrons. The molecular formula is C12H12N6O. The van der Waals surface area contributed by atoms with Gasteiger partial charge in [-0.1, -0.05) is 6.07 Å². The zero-order valence-corrected chi connectivity index (χ0v) is 10.2. The maximum atomic E-state index is 5.45. The van der Waals surface area contributed by atoms with Crippen molar-refractivity contribution in [2.24, 2.45) is 5.84 Å². The number of hydrogen-bond donors (Lipinski definition) is 2. The Morgan fingerprint density at radius 2 is 2.16 bits per heavy atom. The molecule has 0 unspecified atom stereocenters. The van der Waals surface area contributed by atoms with E-state index in [1.165, 1.54) is 0 Å². The van der Waals surface area contributed by atoms with Gasteiger partial charge >= 0.3 is 0 Å². The molecule has 0 fully saturated rings. The normalized spacial score (nSPS) is 10.6. The van der Waals surface area contributed by atoms with Crippen molar-refractivity contribution in [3.63, 3.8) is 0 Å². The van der Waals surface area contributed by atoms with E-state index in [4.69, 9.17) is 10.6 Å². The SMILES string of the molecule is COc1cccc(-n2ncc3c(NN)cncc32)n1. The molecule has 3 aromatic rings. The zero-order valence-electron chi connectivity index (χ0n) is 10.2. The van der Waals surface area contributed by atoms with Gasteiger partial charge in [0.05, 0.1) is 36.9 Å². The van der Waals surface area contributed by atoms with Gasteiger partial charge in [0, 0.05) is 11.5 Å². The van der Waals surface area contributed by atoms with Crippen LogP contribution in [0.5, 0.6) is 5.88 Å². The van der Waals surface area contributed by atoms with E-state index in [1.807, 2.05) is 12.1 Å². The van der Waals surface area contributed by atoms with Crippen LogP contribution in [-0.4, -0.2) is 26.9 Å². The van der Waals surface area contributed by atoms with Crippen molar-refractivity contribution >= 4 is 16.6 Å². The third-order valence-corrected chi connectivity index (χ3v) is 2.79. The van der Waals surface area contributed by atoms with Gasteiger partial charge < -0.3 is 10.2 Å². The number of anilines is 1. The average molecular weight is 256 g/mol. The standard InChI is InChI=1S/C12H12N6O/c1-19-12-4-2-3-11(16-12)18-10-7-14-6-9(17-13)8(10)5-15-18/h2-7,17H,13H2,1H3. The Morgan fingerprint density at radius 1 is 1.26 bits per heavy atom. The van der Waals surface area contributed by atoms with Crippen LogP contribution in [0.1, 0.15) is 0 Å². The van der Waals surface area contributed by atoms with E-state index in [0.717, 1.165) is 10.9 Å². The minimum Gasteiger partial charge on any atom is -0.481 e. The van der Waals surface area contributed by atoms with Gasteiger partial charge in [-0.05, 0) is 6.07 Å². The number of nitrogen functional groups attached to an aromatic ring is 1. The number of aromatic nitrogens is 4. The molecule has 0 bridgehead atoms. The third-order valence-electron chi connectivity index (χ3n) is 2.79. The first-order valence-electron chi connectivity index (χ1n) is 5.63. The van der Waals surface area contributed by atoms with Gasteiger partial charge in [-0.25, -0.2) is 4.68 Å². The lowest BCUT2D eigenvalue weighted by atomic mass is 10.3. The summed E-state index contributed by atoms with van der Waals surface area (Å²) < 4.78 is 6.80. The van der Waals surface area contributed by atoms with E-state index in [9.17, 15) is 0 Å². The molecule has 0 spiro atoms. The van der Waals surface area contributed by atoms with Crippen LogP contribution in [0.3, 0.4) is 0 Å². The first kappa shape index (κ1) is 11.4. The molecule has 0 aliphatic carbocycles. The Labute approximate surface area is 109 Å². The van der Waals surface area contributed by atoms with Gasteiger partial charge in [-0.15, -0.1) is 0 Å². The fourth-order valence-electron chi connectivity index (χ4n) is 1.87. The number of fused-ring (bicyclic) bond motifs is 1. The van der Waals surface area contributed by atoms with Crippen LogP contribution in [0.25, 0.3) is 16.7 Å². The van der Waals surface area contributed by atoms with Crippen LogP contribution in [0.4, 0.5) is 5.69 Å². The average Bonchev–Trinajstić information content (AvgIpc) is 2.91. The predicted molar refractivity (Wildman–Crippen MR) is 71.0 cm³/mol. The maximum absolute atomic E-state index is 5.45. The van der Waals surface area contributed by atoms with Crippen LogP contribution in [0.15, 0.2) is 36.8 Å². The van der Waals surface area contributed by atoms with Gasteiger partial charge in [0.25, 0.3) is 0 Å². The molecule has 7 nitrogen and oxygen atoms in total. The zero-order chi connectivity index (χ0) is 13.2. The quantitative estimate of drug-likeness (QED) is 0.539. The van der Waals surface area contributed by atoms with Crippen molar-refractivity contribution in [2.75, 3.05) is 12.5 Å². The maximum Gasteiger partial charge on any atom is 0.214 e. The Morgan fingerprint density at radius 3 is 2.95 bits per heavy atom. The molecule has 0 aromatic carbocycles. The lowest BCUT2D eigenvalue weighted by molar-refractivity contribution is 0.397. The summed E-state index contributed by atoms with van der Waals surface area (Å²) in [5.74, 6) is 6.63. The Balaban J connectivity index is 2.20. The van der Waals surface area contributed by atoms with Crippen LogP contribution in [0.2, 0.25) is 0 Å². The number of nitrogens with two attached hydrogens (primary N) is 1. The molecule has 96 valence electrons. The molecule has 0 saturated heterocycles. The van der Waals surface area contributed by atoms with Crippen molar-refractivity contribution in [3.05, 3.63) is 36.8 Å². The minimum atomic E-state index is 0.530. The van der Waals surface area contributed by atoms with Crippen molar-refractivity contribution < 1.29 is 4.74 Å². The molecule has 0 amide bonds. The number of hydrazine groups is 1. The number of pyridine rings is 2. The van der Waals surface area contributed by atoms with Gasteiger partial charge in [0.1, 0.15) is 0 Å². The molecule has 3 rings (SSSR count). The predicted octanol–water partition coefficient (Wildman–Crippen LogP) is 1.11. The number of nitrogens with one attached hydrogen (secondary N) is 1. The van der Waals surface area contributed by atoms with Crippen molar-refractivity contribution in [2.45, 2.75) is 0 Å². The largest absolute Gasteiger partial charge is 0.481 e. The van der Waals surface area contributed by atoms with E-state index in [-0.39, 0.29) is 0 Å². The van der Waals surface area contributed by atoms with Gasteiger partial charge in [-0.3, -0.25) is 10.8 Å². The van der Waals surface area contributed by atoms with E-state index < -0.39 is 0 Å². The number of ether oxygens (including phenoxy) is 1.